The van der Waals surface area contributed by atoms with Crippen LogP contribution in [0.5, 0.6) is 0 Å². The number of hydrogen-bond donors (Lipinski definition) is 1. The van der Waals surface area contributed by atoms with Crippen LogP contribution in [0.3, 0.4) is 0 Å². The highest BCUT2D eigenvalue weighted by atomic mass is 32.2. The molecule has 4 rings (SSSR count). The van der Waals surface area contributed by atoms with Crippen molar-refractivity contribution in [2.75, 3.05) is 6.61 Å². The number of esters is 1. The van der Waals surface area contributed by atoms with Crippen LogP contribution in [-0.4, -0.2) is 53.0 Å². The molecule has 2 aliphatic rings. The molecule has 0 aromatic heterocycles. The van der Waals surface area contributed by atoms with E-state index in [9.17, 15) is 19.2 Å². The molecule has 0 radical (unpaired) electrons. The normalized spacial score (nSPS) is 22.5. The van der Waals surface area contributed by atoms with E-state index in [0.29, 0.717) is 5.23 Å². The van der Waals surface area contributed by atoms with E-state index >= 15 is 0 Å². The van der Waals surface area contributed by atoms with Crippen molar-refractivity contribution in [3.05, 3.63) is 66.2 Å². The van der Waals surface area contributed by atoms with Crippen LogP contribution in [0.4, 0.5) is 0 Å². The van der Waals surface area contributed by atoms with Gasteiger partial charge < -0.3 is 14.9 Å². The zero-order valence-corrected chi connectivity index (χ0v) is 17.7. The summed E-state index contributed by atoms with van der Waals surface area (Å²) in [5.41, 5.74) is 0.796. The third-order valence-electron chi connectivity index (χ3n) is 4.78. The van der Waals surface area contributed by atoms with E-state index in [2.05, 4.69) is 5.32 Å². The van der Waals surface area contributed by atoms with E-state index in [1.54, 1.807) is 12.1 Å². The number of ether oxygens (including phenoxy) is 1. The van der Waals surface area contributed by atoms with Crippen LogP contribution in [0.15, 0.2) is 65.6 Å². The van der Waals surface area contributed by atoms with Crippen LogP contribution < -0.4 is 5.32 Å². The molecule has 2 aromatic rings. The molecule has 3 atom stereocenters. The quantitative estimate of drug-likeness (QED) is 0.623. The molecule has 2 unspecified atom stereocenters. The average Bonchev–Trinajstić information content (AvgIpc) is 3.32. The highest BCUT2D eigenvalue weighted by molar-refractivity contribution is 8.00. The lowest BCUT2D eigenvalue weighted by Gasteiger charge is -2.19. The van der Waals surface area contributed by atoms with Crippen molar-refractivity contribution in [3.63, 3.8) is 0 Å². The first kappa shape index (κ1) is 21.8. The first-order chi connectivity index (χ1) is 15.5. The first-order valence-corrected chi connectivity index (χ1v) is 10.8. The Morgan fingerprint density at radius 3 is 2.47 bits per heavy atom. The Bertz CT molecular complexity index is 1000. The Kier molecular flexibility index (Phi) is 6.72. The fourth-order valence-electron chi connectivity index (χ4n) is 3.25. The van der Waals surface area contributed by atoms with Gasteiger partial charge in [0.25, 0.3) is 0 Å². The minimum Gasteiger partial charge on any atom is -0.449 e. The summed E-state index contributed by atoms with van der Waals surface area (Å²) in [7, 11) is 0. The predicted molar refractivity (Wildman–Crippen MR) is 112 cm³/mol. The lowest BCUT2D eigenvalue weighted by molar-refractivity contribution is -0.306. The van der Waals surface area contributed by atoms with Crippen molar-refractivity contribution in [2.24, 2.45) is 0 Å². The van der Waals surface area contributed by atoms with Gasteiger partial charge in [0.1, 0.15) is 12.6 Å². The average molecular weight is 456 g/mol. The van der Waals surface area contributed by atoms with Crippen LogP contribution in [-0.2, 0) is 40.0 Å². The van der Waals surface area contributed by atoms with Crippen molar-refractivity contribution in [3.8, 4) is 0 Å². The number of hydroxylamine groups is 2. The highest BCUT2D eigenvalue weighted by Gasteiger charge is 2.45. The van der Waals surface area contributed by atoms with E-state index in [0.717, 1.165) is 10.5 Å². The first-order valence-electron chi connectivity index (χ1n) is 9.93. The number of cyclic esters (lactones) is 1. The maximum Gasteiger partial charge on any atom is 0.377 e. The largest absolute Gasteiger partial charge is 0.449 e. The highest BCUT2D eigenvalue weighted by Crippen LogP contribution is 2.34. The van der Waals surface area contributed by atoms with Crippen molar-refractivity contribution in [2.45, 2.75) is 35.1 Å². The lowest BCUT2D eigenvalue weighted by Crippen LogP contribution is -2.44. The third kappa shape index (κ3) is 5.27. The standard InChI is InChI=1S/C22H20N2O7S/c25-18(11-14-7-3-1-4-8-14)23-16-13-29-24(21(16)27)31-22(28)20-17(12-19(26)30-20)32-15-9-5-2-6-10-15/h1-10,16-17,20H,11-13H2,(H,23,25)/t16-,17?,20?/m0/s1. The van der Waals surface area contributed by atoms with Gasteiger partial charge in [0, 0.05) is 4.90 Å². The molecular formula is C22H20N2O7S. The van der Waals surface area contributed by atoms with E-state index in [4.69, 9.17) is 14.4 Å². The number of amides is 2. The Balaban J connectivity index is 1.31. The summed E-state index contributed by atoms with van der Waals surface area (Å²) in [6, 6.07) is 17.3. The number of nitrogens with zero attached hydrogens (tertiary/aromatic N) is 1. The fourth-order valence-corrected chi connectivity index (χ4v) is 4.43. The van der Waals surface area contributed by atoms with Crippen LogP contribution in [0.2, 0.25) is 0 Å². The van der Waals surface area contributed by atoms with Gasteiger partial charge in [-0.05, 0) is 22.9 Å². The maximum absolute atomic E-state index is 12.6. The molecule has 0 bridgehead atoms. The maximum atomic E-state index is 12.6. The summed E-state index contributed by atoms with van der Waals surface area (Å²) in [6.07, 6.45) is -1.05. The summed E-state index contributed by atoms with van der Waals surface area (Å²) in [5.74, 6) is -2.54. The van der Waals surface area contributed by atoms with Crippen molar-refractivity contribution in [1.82, 2.24) is 10.5 Å². The monoisotopic (exact) mass is 456 g/mol. The smallest absolute Gasteiger partial charge is 0.377 e. The molecule has 0 saturated carbocycles. The second kappa shape index (κ2) is 9.84. The SMILES string of the molecule is O=C(Cc1ccccc1)N[C@H]1CON(OC(=O)C2OC(=O)CC2Sc2ccccc2)C1=O. The fraction of sp³-hybridized carbons (Fsp3) is 0.273. The number of benzene rings is 2. The minimum absolute atomic E-state index is 0.0340. The zero-order chi connectivity index (χ0) is 22.5. The second-order valence-corrected chi connectivity index (χ2v) is 8.48. The Hall–Kier alpha value is -3.37. The second-order valence-electron chi connectivity index (χ2n) is 7.17. The molecule has 10 heteroatoms. The molecule has 0 spiro atoms. The van der Waals surface area contributed by atoms with E-state index in [1.165, 1.54) is 11.8 Å². The van der Waals surface area contributed by atoms with Gasteiger partial charge in [0.15, 0.2) is 0 Å². The topological polar surface area (TPSA) is 111 Å². The third-order valence-corrected chi connectivity index (χ3v) is 6.04. The van der Waals surface area contributed by atoms with E-state index in [-0.39, 0.29) is 25.4 Å². The van der Waals surface area contributed by atoms with Gasteiger partial charge in [-0.15, -0.1) is 11.8 Å². The van der Waals surface area contributed by atoms with Gasteiger partial charge in [0.05, 0.1) is 18.1 Å². The summed E-state index contributed by atoms with van der Waals surface area (Å²) < 4.78 is 5.11. The molecular weight excluding hydrogens is 436 g/mol. The molecule has 32 heavy (non-hydrogen) atoms. The molecule has 2 amide bonds. The van der Waals surface area contributed by atoms with Crippen LogP contribution >= 0.6 is 11.8 Å². The van der Waals surface area contributed by atoms with E-state index in [1.807, 2.05) is 48.5 Å². The van der Waals surface area contributed by atoms with Crippen molar-refractivity contribution < 1.29 is 33.6 Å². The minimum atomic E-state index is -1.18. The van der Waals surface area contributed by atoms with Gasteiger partial charge in [-0.3, -0.25) is 14.4 Å². The molecule has 166 valence electrons. The summed E-state index contributed by atoms with van der Waals surface area (Å²) in [4.78, 5) is 60.1. The molecule has 0 aliphatic carbocycles. The van der Waals surface area contributed by atoms with Gasteiger partial charge in [-0.25, -0.2) is 9.63 Å². The van der Waals surface area contributed by atoms with Crippen LogP contribution in [0.25, 0.3) is 0 Å². The van der Waals surface area contributed by atoms with Crippen LogP contribution in [0.1, 0.15) is 12.0 Å². The summed E-state index contributed by atoms with van der Waals surface area (Å²) >= 11 is 1.31. The van der Waals surface area contributed by atoms with Gasteiger partial charge >= 0.3 is 17.8 Å². The number of carbonyl (C=O) groups is 4. The van der Waals surface area contributed by atoms with Crippen molar-refractivity contribution >= 4 is 35.5 Å². The Morgan fingerprint density at radius 2 is 1.75 bits per heavy atom. The number of thioether (sulfide) groups is 1. The molecule has 2 heterocycles. The molecule has 9 nitrogen and oxygen atoms in total. The van der Waals surface area contributed by atoms with Gasteiger partial charge in [0.2, 0.25) is 12.0 Å². The van der Waals surface area contributed by atoms with Crippen molar-refractivity contribution in [1.29, 1.82) is 0 Å². The number of carbonyl (C=O) groups excluding carboxylic acids is 4. The molecule has 1 N–H and O–H groups in total. The van der Waals surface area contributed by atoms with E-state index < -0.39 is 35.2 Å². The molecule has 2 aromatic carbocycles. The summed E-state index contributed by atoms with van der Waals surface area (Å²) in [5, 5.41) is 2.50. The number of hydrogen-bond acceptors (Lipinski definition) is 8. The number of rotatable bonds is 7. The number of nitrogens with one attached hydrogen (secondary N) is 1. The summed E-state index contributed by atoms with van der Waals surface area (Å²) in [6.45, 7) is -0.181. The lowest BCUT2D eigenvalue weighted by atomic mass is 10.1. The van der Waals surface area contributed by atoms with Gasteiger partial charge in [-0.2, -0.15) is 0 Å². The molecule has 2 saturated heterocycles. The van der Waals surface area contributed by atoms with Gasteiger partial charge in [-0.1, -0.05) is 48.5 Å². The molecule has 2 aliphatic heterocycles. The Labute approximate surface area is 187 Å². The molecule has 2 fully saturated rings. The van der Waals surface area contributed by atoms with Crippen LogP contribution in [0, 0.1) is 0 Å². The predicted octanol–water partition coefficient (Wildman–Crippen LogP) is 1.42. The zero-order valence-electron chi connectivity index (χ0n) is 16.8. The Morgan fingerprint density at radius 1 is 1.06 bits per heavy atom.